The van der Waals surface area contributed by atoms with E-state index in [1.165, 1.54) is 6.08 Å². The Bertz CT molecular complexity index is 817. The zero-order valence-corrected chi connectivity index (χ0v) is 16.7. The monoisotopic (exact) mass is 372 g/mol. The minimum atomic E-state index is -0.993. The summed E-state index contributed by atoms with van der Waals surface area (Å²) in [6.45, 7) is 12.0. The molecule has 0 spiro atoms. The first-order valence-corrected chi connectivity index (χ1v) is 9.16. The van der Waals surface area contributed by atoms with Crippen LogP contribution in [0, 0.1) is 0 Å². The van der Waals surface area contributed by atoms with Crippen LogP contribution in [0.25, 0.3) is 11.4 Å². The number of rotatable bonds is 5. The Balaban J connectivity index is 1.81. The van der Waals surface area contributed by atoms with E-state index in [1.54, 1.807) is 23.3 Å². The topological polar surface area (TPSA) is 62.1 Å². The third-order valence-electron chi connectivity index (χ3n) is 5.17. The molecule has 1 fully saturated rings. The summed E-state index contributed by atoms with van der Waals surface area (Å²) in [6, 6.07) is 1.97. The van der Waals surface area contributed by atoms with Gasteiger partial charge in [-0.2, -0.15) is 5.10 Å². The van der Waals surface area contributed by atoms with Crippen LogP contribution in [0.1, 0.15) is 53.2 Å². The number of halogens is 1. The maximum Gasteiger partial charge on any atom is 0.524 e. The molecule has 6 nitrogen and oxygen atoms in total. The van der Waals surface area contributed by atoms with Gasteiger partial charge in [0.05, 0.1) is 23.9 Å². The fraction of sp³-hybridized carbons (Fsp3) is 0.526. The zero-order chi connectivity index (χ0) is 19.8. The van der Waals surface area contributed by atoms with Crippen LogP contribution in [0.15, 0.2) is 36.5 Å². The van der Waals surface area contributed by atoms with E-state index in [9.17, 15) is 4.39 Å². The summed E-state index contributed by atoms with van der Waals surface area (Å²) in [5.74, 6) is 0.233. The summed E-state index contributed by atoms with van der Waals surface area (Å²) >= 11 is 0. The highest BCUT2D eigenvalue weighted by molar-refractivity contribution is 6.53. The molecule has 1 aliphatic heterocycles. The van der Waals surface area contributed by atoms with E-state index >= 15 is 0 Å². The molecule has 1 aliphatic rings. The van der Waals surface area contributed by atoms with Gasteiger partial charge in [0.1, 0.15) is 17.1 Å². The number of hydrogen-bond donors (Lipinski definition) is 0. The molecule has 27 heavy (non-hydrogen) atoms. The van der Waals surface area contributed by atoms with Gasteiger partial charge in [0.15, 0.2) is 0 Å². The van der Waals surface area contributed by atoms with Gasteiger partial charge >= 0.3 is 7.12 Å². The van der Waals surface area contributed by atoms with Gasteiger partial charge in [0.25, 0.3) is 0 Å². The lowest BCUT2D eigenvalue weighted by molar-refractivity contribution is 0.00578. The quantitative estimate of drug-likeness (QED) is 0.744. The normalized spacial score (nSPS) is 19.1. The van der Waals surface area contributed by atoms with Gasteiger partial charge in [0.2, 0.25) is 0 Å². The molecule has 0 N–H and O–H groups in total. The summed E-state index contributed by atoms with van der Waals surface area (Å²) in [4.78, 5) is 8.37. The molecule has 0 saturated carbocycles. The Morgan fingerprint density at radius 1 is 1.19 bits per heavy atom. The fourth-order valence-electron chi connectivity index (χ4n) is 2.82. The van der Waals surface area contributed by atoms with Crippen molar-refractivity contribution in [2.75, 3.05) is 0 Å². The Morgan fingerprint density at radius 3 is 2.41 bits per heavy atom. The molecular formula is C19H26BFN4O2. The minimum absolute atomic E-state index is 0.233. The lowest BCUT2D eigenvalue weighted by Crippen LogP contribution is -2.41. The molecule has 3 heterocycles. The molecule has 1 saturated heterocycles. The van der Waals surface area contributed by atoms with Gasteiger partial charge in [0, 0.05) is 18.1 Å². The largest absolute Gasteiger partial charge is 0.524 e. The maximum absolute atomic E-state index is 14.7. The molecule has 2 aromatic rings. The first kappa shape index (κ1) is 19.7. The lowest BCUT2D eigenvalue weighted by Gasteiger charge is -2.32. The summed E-state index contributed by atoms with van der Waals surface area (Å²) in [5, 5.41) is 4.58. The number of hydrogen-bond acceptors (Lipinski definition) is 5. The van der Waals surface area contributed by atoms with Crippen LogP contribution in [0.2, 0.25) is 0 Å². The second kappa shape index (κ2) is 7.17. The van der Waals surface area contributed by atoms with E-state index in [2.05, 4.69) is 28.9 Å². The van der Waals surface area contributed by atoms with Crippen LogP contribution in [-0.2, 0) is 15.9 Å². The van der Waals surface area contributed by atoms with E-state index in [0.29, 0.717) is 5.69 Å². The maximum atomic E-state index is 14.7. The molecule has 0 aliphatic carbocycles. The molecular weight excluding hydrogens is 346 g/mol. The minimum Gasteiger partial charge on any atom is -0.398 e. The average Bonchev–Trinajstić information content (AvgIpc) is 3.12. The van der Waals surface area contributed by atoms with Crippen molar-refractivity contribution in [1.82, 2.24) is 19.7 Å². The Labute approximate surface area is 160 Å². The summed E-state index contributed by atoms with van der Waals surface area (Å²) in [6.07, 6.45) is 6.37. The van der Waals surface area contributed by atoms with Crippen molar-refractivity contribution in [2.24, 2.45) is 0 Å². The van der Waals surface area contributed by atoms with Crippen molar-refractivity contribution in [3.63, 3.8) is 0 Å². The van der Waals surface area contributed by atoms with Crippen LogP contribution in [0.3, 0.4) is 0 Å². The van der Waals surface area contributed by atoms with Crippen molar-refractivity contribution in [2.45, 2.75) is 65.2 Å². The van der Waals surface area contributed by atoms with E-state index in [-0.39, 0.29) is 12.5 Å². The second-order valence-corrected chi connectivity index (χ2v) is 8.06. The SMILES string of the molecule is CC(C)c1cc(-c2cnccn2)nn1CC=C(F)B1OC(C)(C)C(C)(C)O1. The Morgan fingerprint density at radius 2 is 1.85 bits per heavy atom. The van der Waals surface area contributed by atoms with E-state index in [1.807, 2.05) is 33.8 Å². The summed E-state index contributed by atoms with van der Waals surface area (Å²) in [7, 11) is -0.993. The van der Waals surface area contributed by atoms with Gasteiger partial charge in [-0.05, 0) is 45.8 Å². The van der Waals surface area contributed by atoms with Crippen LogP contribution in [-0.4, -0.2) is 38.1 Å². The van der Waals surface area contributed by atoms with Crippen LogP contribution >= 0.6 is 0 Å². The van der Waals surface area contributed by atoms with E-state index in [4.69, 9.17) is 9.31 Å². The average molecular weight is 372 g/mol. The number of nitrogens with zero attached hydrogens (tertiary/aromatic N) is 4. The molecule has 0 atom stereocenters. The van der Waals surface area contributed by atoms with Crippen molar-refractivity contribution < 1.29 is 13.7 Å². The highest BCUT2D eigenvalue weighted by Gasteiger charge is 2.52. The molecule has 144 valence electrons. The summed E-state index contributed by atoms with van der Waals surface area (Å²) < 4.78 is 28.0. The molecule has 2 aromatic heterocycles. The third-order valence-corrected chi connectivity index (χ3v) is 5.17. The van der Waals surface area contributed by atoms with E-state index < -0.39 is 24.0 Å². The standard InChI is InChI=1S/C19H26BFN4O2/c1-13(2)16-11-14(15-12-22-8-9-23-15)24-25(16)10-7-17(21)20-26-18(3,4)19(5,6)27-20/h7-9,11-13H,10H2,1-6H3. The van der Waals surface area contributed by atoms with Crippen molar-refractivity contribution >= 4 is 7.12 Å². The van der Waals surface area contributed by atoms with Crippen molar-refractivity contribution in [3.8, 4) is 11.4 Å². The van der Waals surface area contributed by atoms with Crippen LogP contribution in [0.4, 0.5) is 4.39 Å². The highest BCUT2D eigenvalue weighted by atomic mass is 19.1. The first-order chi connectivity index (χ1) is 12.6. The van der Waals surface area contributed by atoms with Gasteiger partial charge in [-0.25, -0.2) is 4.39 Å². The predicted molar refractivity (Wildman–Crippen MR) is 103 cm³/mol. The molecule has 0 unspecified atom stereocenters. The first-order valence-electron chi connectivity index (χ1n) is 9.16. The van der Waals surface area contributed by atoms with Crippen molar-refractivity contribution in [3.05, 3.63) is 42.2 Å². The van der Waals surface area contributed by atoms with Gasteiger partial charge < -0.3 is 9.31 Å². The van der Waals surface area contributed by atoms with Crippen LogP contribution in [0.5, 0.6) is 0 Å². The second-order valence-electron chi connectivity index (χ2n) is 8.06. The fourth-order valence-corrected chi connectivity index (χ4v) is 2.82. The third kappa shape index (κ3) is 3.96. The van der Waals surface area contributed by atoms with Crippen molar-refractivity contribution in [1.29, 1.82) is 0 Å². The molecule has 3 rings (SSSR count). The smallest absolute Gasteiger partial charge is 0.398 e. The molecule has 0 radical (unpaired) electrons. The lowest BCUT2D eigenvalue weighted by atomic mass is 9.88. The molecule has 8 heteroatoms. The number of allylic oxidation sites excluding steroid dienone is 1. The zero-order valence-electron chi connectivity index (χ0n) is 16.7. The molecule has 0 bridgehead atoms. The van der Waals surface area contributed by atoms with E-state index in [0.717, 1.165) is 11.4 Å². The molecule has 0 aromatic carbocycles. The molecule has 0 amide bonds. The van der Waals surface area contributed by atoms with Gasteiger partial charge in [-0.15, -0.1) is 0 Å². The summed E-state index contributed by atoms with van der Waals surface area (Å²) in [5.41, 5.74) is 0.812. The van der Waals surface area contributed by atoms with Gasteiger partial charge in [-0.1, -0.05) is 13.8 Å². The highest BCUT2D eigenvalue weighted by Crippen LogP contribution is 2.38. The number of aromatic nitrogens is 4. The predicted octanol–water partition coefficient (Wildman–Crippen LogP) is 3.95. The Kier molecular flexibility index (Phi) is 5.23. The van der Waals surface area contributed by atoms with Gasteiger partial charge in [-0.3, -0.25) is 14.6 Å². The Hall–Kier alpha value is -2.06. The van der Waals surface area contributed by atoms with Crippen LogP contribution < -0.4 is 0 Å².